The lowest BCUT2D eigenvalue weighted by molar-refractivity contribution is -0.122. The lowest BCUT2D eigenvalue weighted by atomic mass is 10.1. The van der Waals surface area contributed by atoms with Gasteiger partial charge in [-0.15, -0.1) is 11.3 Å². The van der Waals surface area contributed by atoms with Crippen molar-refractivity contribution in [3.63, 3.8) is 0 Å². The van der Waals surface area contributed by atoms with E-state index in [2.05, 4.69) is 12.2 Å². The second-order valence-electron chi connectivity index (χ2n) is 4.48. The molecule has 1 amide bonds. The summed E-state index contributed by atoms with van der Waals surface area (Å²) in [6.07, 6.45) is 3.66. The van der Waals surface area contributed by atoms with Gasteiger partial charge in [0.15, 0.2) is 0 Å². The van der Waals surface area contributed by atoms with Gasteiger partial charge in [-0.25, -0.2) is 0 Å². The molecule has 1 rings (SSSR count). The van der Waals surface area contributed by atoms with Crippen LogP contribution in [0, 0.1) is 0 Å². The molecular weight excluding hydrogens is 234 g/mol. The fourth-order valence-electron chi connectivity index (χ4n) is 1.57. The van der Waals surface area contributed by atoms with Crippen molar-refractivity contribution in [2.24, 2.45) is 0 Å². The van der Waals surface area contributed by atoms with Crippen molar-refractivity contribution in [3.8, 4) is 0 Å². The third kappa shape index (κ3) is 4.88. The first kappa shape index (κ1) is 14.2. The highest BCUT2D eigenvalue weighted by Gasteiger charge is 2.24. The van der Waals surface area contributed by atoms with E-state index in [4.69, 9.17) is 0 Å². The van der Waals surface area contributed by atoms with Crippen LogP contribution in [0.15, 0.2) is 17.5 Å². The Morgan fingerprint density at radius 3 is 2.88 bits per heavy atom. The molecule has 1 aromatic heterocycles. The van der Waals surface area contributed by atoms with Gasteiger partial charge >= 0.3 is 0 Å². The molecular formula is C13H21NO2S. The van der Waals surface area contributed by atoms with Crippen molar-refractivity contribution < 1.29 is 9.90 Å². The van der Waals surface area contributed by atoms with E-state index in [1.165, 1.54) is 11.3 Å². The molecule has 0 aliphatic carbocycles. The van der Waals surface area contributed by atoms with Crippen LogP contribution in [0.5, 0.6) is 0 Å². The molecule has 1 unspecified atom stereocenters. The van der Waals surface area contributed by atoms with Gasteiger partial charge < -0.3 is 10.4 Å². The number of nitrogens with one attached hydrogen (secondary N) is 1. The van der Waals surface area contributed by atoms with Gasteiger partial charge in [0.05, 0.1) is 6.54 Å². The maximum absolute atomic E-state index is 11.5. The smallest absolute Gasteiger partial charge is 0.220 e. The Morgan fingerprint density at radius 1 is 1.53 bits per heavy atom. The molecule has 0 aliphatic heterocycles. The zero-order valence-corrected chi connectivity index (χ0v) is 11.3. The molecule has 0 fully saturated rings. The summed E-state index contributed by atoms with van der Waals surface area (Å²) >= 11 is 1.50. The molecule has 0 radical (unpaired) electrons. The summed E-state index contributed by atoms with van der Waals surface area (Å²) in [6.45, 7) is 4.11. The third-order valence-corrected chi connectivity index (χ3v) is 3.81. The number of thiophene rings is 1. The zero-order chi connectivity index (χ0) is 12.7. The monoisotopic (exact) mass is 255 g/mol. The van der Waals surface area contributed by atoms with Crippen molar-refractivity contribution in [3.05, 3.63) is 22.4 Å². The summed E-state index contributed by atoms with van der Waals surface area (Å²) in [5, 5.41) is 14.9. The second kappa shape index (κ2) is 6.77. The highest BCUT2D eigenvalue weighted by molar-refractivity contribution is 7.10. The van der Waals surface area contributed by atoms with E-state index in [9.17, 15) is 9.90 Å². The molecule has 0 aliphatic rings. The molecule has 96 valence electrons. The molecule has 17 heavy (non-hydrogen) atoms. The molecule has 2 N–H and O–H groups in total. The first-order valence-corrected chi connectivity index (χ1v) is 6.97. The van der Waals surface area contributed by atoms with E-state index < -0.39 is 5.60 Å². The minimum Gasteiger partial charge on any atom is -0.383 e. The number of carbonyl (C=O) groups excluding carboxylic acids is 1. The van der Waals surface area contributed by atoms with Crippen LogP contribution in [0.2, 0.25) is 0 Å². The van der Waals surface area contributed by atoms with E-state index in [-0.39, 0.29) is 12.5 Å². The van der Waals surface area contributed by atoms with E-state index in [1.54, 1.807) is 6.92 Å². The van der Waals surface area contributed by atoms with E-state index in [0.29, 0.717) is 6.42 Å². The van der Waals surface area contributed by atoms with Crippen LogP contribution in [0.25, 0.3) is 0 Å². The zero-order valence-electron chi connectivity index (χ0n) is 10.5. The number of hydrogen-bond donors (Lipinski definition) is 2. The van der Waals surface area contributed by atoms with Crippen LogP contribution in [-0.2, 0) is 10.4 Å². The Hall–Kier alpha value is -0.870. The molecule has 1 atom stereocenters. The quantitative estimate of drug-likeness (QED) is 0.736. The molecule has 1 heterocycles. The van der Waals surface area contributed by atoms with E-state index in [0.717, 1.165) is 24.1 Å². The Labute approximate surface area is 107 Å². The summed E-state index contributed by atoms with van der Waals surface area (Å²) < 4.78 is 0. The molecule has 0 spiro atoms. The molecule has 0 saturated heterocycles. The van der Waals surface area contributed by atoms with Crippen LogP contribution in [0.1, 0.15) is 44.4 Å². The van der Waals surface area contributed by atoms with E-state index in [1.807, 2.05) is 17.5 Å². The van der Waals surface area contributed by atoms with Crippen molar-refractivity contribution in [1.82, 2.24) is 5.32 Å². The largest absolute Gasteiger partial charge is 0.383 e. The fraction of sp³-hybridized carbons (Fsp3) is 0.615. The van der Waals surface area contributed by atoms with Crippen molar-refractivity contribution in [2.45, 2.75) is 45.1 Å². The Bertz CT molecular complexity index is 333. The molecule has 0 aromatic carbocycles. The van der Waals surface area contributed by atoms with Gasteiger partial charge in [0.2, 0.25) is 5.91 Å². The van der Waals surface area contributed by atoms with Crippen LogP contribution < -0.4 is 5.32 Å². The average Bonchev–Trinajstić information content (AvgIpc) is 2.81. The number of hydrogen-bond acceptors (Lipinski definition) is 3. The summed E-state index contributed by atoms with van der Waals surface area (Å²) in [5.41, 5.74) is -0.964. The van der Waals surface area contributed by atoms with Crippen LogP contribution in [0.3, 0.4) is 0 Å². The van der Waals surface area contributed by atoms with Gasteiger partial charge in [-0.1, -0.05) is 25.8 Å². The van der Waals surface area contributed by atoms with Crippen LogP contribution in [0.4, 0.5) is 0 Å². The minimum atomic E-state index is -0.964. The van der Waals surface area contributed by atoms with Crippen molar-refractivity contribution in [1.29, 1.82) is 0 Å². The number of rotatable bonds is 7. The maximum atomic E-state index is 11.5. The molecule has 3 nitrogen and oxygen atoms in total. The molecule has 0 bridgehead atoms. The SMILES string of the molecule is CCCCCC(=O)NCC(C)(O)c1cccs1. The minimum absolute atomic E-state index is 0.0234. The standard InChI is InChI=1S/C13H21NO2S/c1-3-4-5-8-12(15)14-10-13(2,16)11-7-6-9-17-11/h6-7,9,16H,3-5,8,10H2,1-2H3,(H,14,15). The first-order chi connectivity index (χ1) is 8.06. The second-order valence-corrected chi connectivity index (χ2v) is 5.43. The van der Waals surface area contributed by atoms with Gasteiger partial charge in [0.1, 0.15) is 5.60 Å². The predicted molar refractivity (Wildman–Crippen MR) is 71.0 cm³/mol. The molecule has 4 heteroatoms. The van der Waals surface area contributed by atoms with Gasteiger partial charge in [-0.05, 0) is 24.8 Å². The summed E-state index contributed by atoms with van der Waals surface area (Å²) in [7, 11) is 0. The highest BCUT2D eigenvalue weighted by atomic mass is 32.1. The first-order valence-electron chi connectivity index (χ1n) is 6.09. The molecule has 0 saturated carbocycles. The Morgan fingerprint density at radius 2 is 2.29 bits per heavy atom. The summed E-state index contributed by atoms with van der Waals surface area (Å²) in [6, 6.07) is 3.78. The van der Waals surface area contributed by atoms with E-state index >= 15 is 0 Å². The lowest BCUT2D eigenvalue weighted by Crippen LogP contribution is -2.37. The van der Waals surface area contributed by atoms with Crippen LogP contribution >= 0.6 is 11.3 Å². The predicted octanol–water partition coefficient (Wildman–Crippen LogP) is 2.65. The number of amides is 1. The number of carbonyl (C=O) groups is 1. The topological polar surface area (TPSA) is 49.3 Å². The van der Waals surface area contributed by atoms with Gasteiger partial charge in [-0.3, -0.25) is 4.79 Å². The Kier molecular flexibility index (Phi) is 5.65. The van der Waals surface area contributed by atoms with Gasteiger partial charge in [-0.2, -0.15) is 0 Å². The lowest BCUT2D eigenvalue weighted by Gasteiger charge is -2.22. The maximum Gasteiger partial charge on any atom is 0.220 e. The number of unbranched alkanes of at least 4 members (excludes halogenated alkanes) is 2. The van der Waals surface area contributed by atoms with Crippen LogP contribution in [-0.4, -0.2) is 17.6 Å². The normalized spacial score (nSPS) is 14.3. The fourth-order valence-corrected chi connectivity index (χ4v) is 2.35. The van der Waals surface area contributed by atoms with Gasteiger partial charge in [0, 0.05) is 11.3 Å². The van der Waals surface area contributed by atoms with Crippen molar-refractivity contribution >= 4 is 17.2 Å². The molecule has 1 aromatic rings. The summed E-state index contributed by atoms with van der Waals surface area (Å²) in [5.74, 6) is 0.0234. The van der Waals surface area contributed by atoms with Crippen molar-refractivity contribution in [2.75, 3.05) is 6.54 Å². The van der Waals surface area contributed by atoms with Gasteiger partial charge in [0.25, 0.3) is 0 Å². The highest BCUT2D eigenvalue weighted by Crippen LogP contribution is 2.24. The summed E-state index contributed by atoms with van der Waals surface area (Å²) in [4.78, 5) is 12.4. The number of aliphatic hydroxyl groups is 1. The third-order valence-electron chi connectivity index (χ3n) is 2.69. The Balaban J connectivity index is 2.32. The average molecular weight is 255 g/mol.